The van der Waals surface area contributed by atoms with Crippen molar-refractivity contribution in [2.24, 2.45) is 0 Å². The maximum absolute atomic E-state index is 13.1. The molecule has 1 aliphatic heterocycles. The summed E-state index contributed by atoms with van der Waals surface area (Å²) in [5.41, 5.74) is 2.15. The second-order valence-electron chi connectivity index (χ2n) is 8.01. The van der Waals surface area contributed by atoms with Crippen LogP contribution in [-0.2, 0) is 11.4 Å². The van der Waals surface area contributed by atoms with Crippen molar-refractivity contribution >= 4 is 29.3 Å². The molecule has 4 rings (SSSR count). The molecule has 5 nitrogen and oxygen atoms in total. The molecule has 0 atom stereocenters. The van der Waals surface area contributed by atoms with E-state index in [1.165, 1.54) is 18.6 Å². The summed E-state index contributed by atoms with van der Waals surface area (Å²) in [6.07, 6.45) is 7.27. The summed E-state index contributed by atoms with van der Waals surface area (Å²) in [5, 5.41) is 3.57. The van der Waals surface area contributed by atoms with E-state index >= 15 is 0 Å². The van der Waals surface area contributed by atoms with Crippen LogP contribution in [0.4, 0.5) is 4.39 Å². The Morgan fingerprint density at radius 2 is 1.84 bits per heavy atom. The van der Waals surface area contributed by atoms with Crippen LogP contribution in [0.2, 0.25) is 0 Å². The van der Waals surface area contributed by atoms with Crippen molar-refractivity contribution in [3.63, 3.8) is 0 Å². The van der Waals surface area contributed by atoms with Gasteiger partial charge in [-0.3, -0.25) is 9.69 Å². The summed E-state index contributed by atoms with van der Waals surface area (Å²) in [6.45, 7) is 2.67. The van der Waals surface area contributed by atoms with Crippen LogP contribution in [0.1, 0.15) is 50.2 Å². The topological polar surface area (TPSA) is 50.8 Å². The summed E-state index contributed by atoms with van der Waals surface area (Å²) in [7, 11) is 0. The number of rotatable bonds is 7. The third-order valence-electron chi connectivity index (χ3n) is 5.74. The molecule has 2 aromatic carbocycles. The van der Waals surface area contributed by atoms with E-state index in [-0.39, 0.29) is 17.8 Å². The van der Waals surface area contributed by atoms with E-state index in [4.69, 9.17) is 21.7 Å². The van der Waals surface area contributed by atoms with Crippen LogP contribution in [0.5, 0.6) is 11.5 Å². The van der Waals surface area contributed by atoms with Crippen molar-refractivity contribution in [1.82, 2.24) is 10.2 Å². The van der Waals surface area contributed by atoms with Crippen LogP contribution in [-0.4, -0.2) is 28.6 Å². The minimum absolute atomic E-state index is 0.0727. The lowest BCUT2D eigenvalue weighted by molar-refractivity contribution is -0.124. The van der Waals surface area contributed by atoms with E-state index in [2.05, 4.69) is 5.32 Å². The first-order valence-electron chi connectivity index (χ1n) is 11.1. The van der Waals surface area contributed by atoms with Crippen molar-refractivity contribution in [2.75, 3.05) is 6.61 Å². The van der Waals surface area contributed by atoms with E-state index in [9.17, 15) is 9.18 Å². The first-order valence-corrected chi connectivity index (χ1v) is 11.5. The number of nitrogens with one attached hydrogen (secondary N) is 1. The second kappa shape index (κ2) is 10.1. The third kappa shape index (κ3) is 5.10. The highest BCUT2D eigenvalue weighted by Gasteiger charge is 2.36. The predicted octanol–water partition coefficient (Wildman–Crippen LogP) is 5.19. The van der Waals surface area contributed by atoms with Crippen LogP contribution < -0.4 is 14.8 Å². The largest absolute Gasteiger partial charge is 0.490 e. The van der Waals surface area contributed by atoms with E-state index in [0.29, 0.717) is 35.5 Å². The zero-order valence-corrected chi connectivity index (χ0v) is 18.9. The van der Waals surface area contributed by atoms with Gasteiger partial charge >= 0.3 is 0 Å². The molecule has 2 aliphatic rings. The molecular weight excluding hydrogens is 427 g/mol. The van der Waals surface area contributed by atoms with Gasteiger partial charge in [0.1, 0.15) is 18.1 Å². The molecule has 2 aromatic rings. The first kappa shape index (κ1) is 22.3. The van der Waals surface area contributed by atoms with Gasteiger partial charge in [-0.15, -0.1) is 0 Å². The monoisotopic (exact) mass is 454 g/mol. The van der Waals surface area contributed by atoms with E-state index in [1.54, 1.807) is 23.1 Å². The predicted molar refractivity (Wildman–Crippen MR) is 126 cm³/mol. The number of halogens is 1. The van der Waals surface area contributed by atoms with Crippen LogP contribution in [0.25, 0.3) is 6.08 Å². The fourth-order valence-electron chi connectivity index (χ4n) is 4.13. The summed E-state index contributed by atoms with van der Waals surface area (Å²) < 4.78 is 24.8. The average molecular weight is 455 g/mol. The standard InChI is InChI=1S/C25H27FN2O3S/c1-2-30-23-15-18(10-13-22(23)31-16-17-8-11-19(26)12-9-17)14-21-24(29)28(25(32)27-21)20-6-4-3-5-7-20/h8-15,20H,2-7,16H2,1H3,(H,27,32)/b21-14-. The van der Waals surface area contributed by atoms with Crippen molar-refractivity contribution in [1.29, 1.82) is 0 Å². The Morgan fingerprint density at radius 3 is 2.56 bits per heavy atom. The number of benzene rings is 2. The lowest BCUT2D eigenvalue weighted by atomic mass is 9.94. The number of hydrogen-bond acceptors (Lipinski definition) is 4. The van der Waals surface area contributed by atoms with Crippen LogP contribution in [0, 0.1) is 5.82 Å². The molecule has 0 spiro atoms. The zero-order valence-electron chi connectivity index (χ0n) is 18.1. The van der Waals surface area contributed by atoms with Gasteiger partial charge in [-0.1, -0.05) is 37.5 Å². The Kier molecular flexibility index (Phi) is 7.05. The van der Waals surface area contributed by atoms with Gasteiger partial charge in [-0.05, 0) is 73.5 Å². The summed E-state index contributed by atoms with van der Waals surface area (Å²) in [6, 6.07) is 11.9. The van der Waals surface area contributed by atoms with Gasteiger partial charge in [0.25, 0.3) is 5.91 Å². The highest BCUT2D eigenvalue weighted by Crippen LogP contribution is 2.31. The lowest BCUT2D eigenvalue weighted by Crippen LogP contribution is -2.41. The molecule has 1 heterocycles. The van der Waals surface area contributed by atoms with Crippen molar-refractivity contribution in [2.45, 2.75) is 51.7 Å². The number of carbonyl (C=O) groups excluding carboxylic acids is 1. The summed E-state index contributed by atoms with van der Waals surface area (Å²) in [5.74, 6) is 0.818. The molecule has 7 heteroatoms. The van der Waals surface area contributed by atoms with Gasteiger partial charge in [0.15, 0.2) is 16.6 Å². The van der Waals surface area contributed by atoms with Gasteiger partial charge in [0.05, 0.1) is 6.61 Å². The molecule has 2 fully saturated rings. The molecular formula is C25H27FN2O3S. The van der Waals surface area contributed by atoms with Gasteiger partial charge in [0.2, 0.25) is 0 Å². The number of nitrogens with zero attached hydrogens (tertiary/aromatic N) is 1. The Bertz CT molecular complexity index is 1020. The number of amides is 1. The Labute approximate surface area is 193 Å². The Hall–Kier alpha value is -2.93. The number of thiocarbonyl (C=S) groups is 1. The van der Waals surface area contributed by atoms with E-state index in [0.717, 1.165) is 36.8 Å². The van der Waals surface area contributed by atoms with Gasteiger partial charge in [-0.2, -0.15) is 0 Å². The maximum atomic E-state index is 13.1. The highest BCUT2D eigenvalue weighted by molar-refractivity contribution is 7.80. The molecule has 1 saturated heterocycles. The van der Waals surface area contributed by atoms with Crippen LogP contribution in [0.3, 0.4) is 0 Å². The normalized spacial score (nSPS) is 18.2. The van der Waals surface area contributed by atoms with Crippen molar-refractivity contribution < 1.29 is 18.7 Å². The quantitative estimate of drug-likeness (QED) is 0.461. The van der Waals surface area contributed by atoms with Gasteiger partial charge in [-0.25, -0.2) is 4.39 Å². The summed E-state index contributed by atoms with van der Waals surface area (Å²) >= 11 is 5.45. The molecule has 0 bridgehead atoms. The zero-order chi connectivity index (χ0) is 22.5. The first-order chi connectivity index (χ1) is 15.5. The minimum Gasteiger partial charge on any atom is -0.490 e. The molecule has 0 unspecified atom stereocenters. The van der Waals surface area contributed by atoms with Crippen LogP contribution >= 0.6 is 12.2 Å². The molecule has 1 saturated carbocycles. The van der Waals surface area contributed by atoms with Crippen molar-refractivity contribution in [3.8, 4) is 11.5 Å². The number of carbonyl (C=O) groups is 1. The highest BCUT2D eigenvalue weighted by atomic mass is 32.1. The fraction of sp³-hybridized carbons (Fsp3) is 0.360. The minimum atomic E-state index is -0.280. The van der Waals surface area contributed by atoms with Gasteiger partial charge < -0.3 is 14.8 Å². The maximum Gasteiger partial charge on any atom is 0.276 e. The molecule has 0 aromatic heterocycles. The smallest absolute Gasteiger partial charge is 0.276 e. The molecule has 1 aliphatic carbocycles. The Morgan fingerprint density at radius 1 is 1.09 bits per heavy atom. The third-order valence-corrected chi connectivity index (χ3v) is 6.03. The van der Waals surface area contributed by atoms with E-state index < -0.39 is 0 Å². The van der Waals surface area contributed by atoms with Crippen molar-refractivity contribution in [3.05, 3.63) is 65.1 Å². The molecule has 168 valence electrons. The number of ether oxygens (including phenoxy) is 2. The second-order valence-corrected chi connectivity index (χ2v) is 8.40. The van der Waals surface area contributed by atoms with Gasteiger partial charge in [0, 0.05) is 6.04 Å². The molecule has 1 amide bonds. The Balaban J connectivity index is 1.50. The average Bonchev–Trinajstić information content (AvgIpc) is 3.08. The van der Waals surface area contributed by atoms with E-state index in [1.807, 2.05) is 25.1 Å². The fourth-order valence-corrected chi connectivity index (χ4v) is 4.47. The van der Waals surface area contributed by atoms with Crippen LogP contribution in [0.15, 0.2) is 48.2 Å². The molecule has 32 heavy (non-hydrogen) atoms. The lowest BCUT2D eigenvalue weighted by Gasteiger charge is -2.29. The SMILES string of the molecule is CCOc1cc(/C=C2\NC(=S)N(C3CCCCC3)C2=O)ccc1OCc1ccc(F)cc1. The molecule has 0 radical (unpaired) electrons. The number of hydrogen-bond donors (Lipinski definition) is 1. The molecule has 1 N–H and O–H groups in total. The summed E-state index contributed by atoms with van der Waals surface area (Å²) in [4.78, 5) is 14.7.